The minimum absolute atomic E-state index is 0.000818. The summed E-state index contributed by atoms with van der Waals surface area (Å²) < 4.78 is 1.14. The molecule has 0 fully saturated rings. The Labute approximate surface area is 84.9 Å². The normalized spacial score (nSPS) is 10.5. The van der Waals surface area contributed by atoms with Gasteiger partial charge in [-0.05, 0) is 6.07 Å². The van der Waals surface area contributed by atoms with Crippen molar-refractivity contribution in [1.29, 1.82) is 0 Å². The highest BCUT2D eigenvalue weighted by molar-refractivity contribution is 7.17. The van der Waals surface area contributed by atoms with E-state index in [1.54, 1.807) is 11.3 Å². The van der Waals surface area contributed by atoms with Crippen LogP contribution in [0.1, 0.15) is 10.4 Å². The van der Waals surface area contributed by atoms with E-state index < -0.39 is 0 Å². The molecular weight excluding hydrogens is 204 g/mol. The van der Waals surface area contributed by atoms with Crippen molar-refractivity contribution in [2.75, 3.05) is 5.88 Å². The SMILES string of the molecule is O=C(CCl)c1csc2ccccc12. The van der Waals surface area contributed by atoms with Crippen molar-refractivity contribution in [2.24, 2.45) is 0 Å². The number of hydrogen-bond donors (Lipinski definition) is 0. The van der Waals surface area contributed by atoms with Gasteiger partial charge in [0, 0.05) is 21.0 Å². The molecule has 0 aliphatic heterocycles. The largest absolute Gasteiger partial charge is 0.293 e. The van der Waals surface area contributed by atoms with Crippen LogP contribution in [0, 0.1) is 0 Å². The van der Waals surface area contributed by atoms with Crippen LogP contribution in [0.3, 0.4) is 0 Å². The molecule has 1 aromatic carbocycles. The fraction of sp³-hybridized carbons (Fsp3) is 0.100. The van der Waals surface area contributed by atoms with E-state index in [1.165, 1.54) is 0 Å². The number of thiophene rings is 1. The molecule has 13 heavy (non-hydrogen) atoms. The standard InChI is InChI=1S/C10H7ClOS/c11-5-9(12)8-6-13-10-4-2-1-3-7(8)10/h1-4,6H,5H2. The maximum Gasteiger partial charge on any atom is 0.179 e. The minimum Gasteiger partial charge on any atom is -0.293 e. The molecule has 0 aliphatic carbocycles. The molecule has 1 heterocycles. The monoisotopic (exact) mass is 210 g/mol. The first-order valence-electron chi connectivity index (χ1n) is 3.88. The van der Waals surface area contributed by atoms with Crippen molar-refractivity contribution in [3.8, 4) is 0 Å². The Hall–Kier alpha value is -0.860. The van der Waals surface area contributed by atoms with Crippen LogP contribution >= 0.6 is 22.9 Å². The fourth-order valence-corrected chi connectivity index (χ4v) is 2.38. The number of fused-ring (bicyclic) bond motifs is 1. The third-order valence-electron chi connectivity index (χ3n) is 1.90. The first-order valence-corrected chi connectivity index (χ1v) is 5.29. The second kappa shape index (κ2) is 3.48. The number of benzene rings is 1. The van der Waals surface area contributed by atoms with E-state index in [0.717, 1.165) is 15.6 Å². The lowest BCUT2D eigenvalue weighted by Gasteiger charge is -1.93. The Morgan fingerprint density at radius 3 is 2.92 bits per heavy atom. The van der Waals surface area contributed by atoms with Crippen LogP contribution in [-0.4, -0.2) is 11.7 Å². The van der Waals surface area contributed by atoms with E-state index in [0.29, 0.717) is 0 Å². The van der Waals surface area contributed by atoms with Crippen LogP contribution in [-0.2, 0) is 0 Å². The Balaban J connectivity index is 2.64. The Morgan fingerprint density at radius 1 is 1.38 bits per heavy atom. The summed E-state index contributed by atoms with van der Waals surface area (Å²) in [5.41, 5.74) is 0.746. The number of carbonyl (C=O) groups excluding carboxylic acids is 1. The molecule has 0 saturated carbocycles. The summed E-state index contributed by atoms with van der Waals surface area (Å²) in [5, 5.41) is 2.88. The molecule has 0 radical (unpaired) electrons. The molecule has 0 N–H and O–H groups in total. The molecule has 0 saturated heterocycles. The van der Waals surface area contributed by atoms with E-state index in [-0.39, 0.29) is 11.7 Å². The summed E-state index contributed by atoms with van der Waals surface area (Å²) in [5.74, 6) is 0.0555. The van der Waals surface area contributed by atoms with Gasteiger partial charge in [-0.3, -0.25) is 4.79 Å². The van der Waals surface area contributed by atoms with E-state index in [9.17, 15) is 4.79 Å². The number of halogens is 1. The molecule has 0 spiro atoms. The first kappa shape index (κ1) is 8.73. The second-order valence-corrected chi connectivity index (χ2v) is 3.88. The number of ketones is 1. The van der Waals surface area contributed by atoms with Crippen LogP contribution < -0.4 is 0 Å². The first-order chi connectivity index (χ1) is 6.33. The lowest BCUT2D eigenvalue weighted by atomic mass is 10.1. The van der Waals surface area contributed by atoms with E-state index in [2.05, 4.69) is 0 Å². The fourth-order valence-electron chi connectivity index (χ4n) is 1.27. The zero-order chi connectivity index (χ0) is 9.26. The maximum absolute atomic E-state index is 11.4. The lowest BCUT2D eigenvalue weighted by molar-refractivity contribution is 0.102. The van der Waals surface area contributed by atoms with Gasteiger partial charge in [-0.25, -0.2) is 0 Å². The summed E-state index contributed by atoms with van der Waals surface area (Å²) in [7, 11) is 0. The van der Waals surface area contributed by atoms with Gasteiger partial charge in [0.15, 0.2) is 5.78 Å². The Kier molecular flexibility index (Phi) is 2.34. The van der Waals surface area contributed by atoms with Crippen molar-refractivity contribution >= 4 is 38.8 Å². The van der Waals surface area contributed by atoms with Gasteiger partial charge in [0.05, 0.1) is 5.88 Å². The van der Waals surface area contributed by atoms with Crippen molar-refractivity contribution < 1.29 is 4.79 Å². The predicted molar refractivity (Wildman–Crippen MR) is 56.9 cm³/mol. The van der Waals surface area contributed by atoms with Crippen LogP contribution in [0.15, 0.2) is 29.6 Å². The molecule has 1 nitrogen and oxygen atoms in total. The molecule has 2 rings (SSSR count). The highest BCUT2D eigenvalue weighted by atomic mass is 35.5. The molecule has 0 atom stereocenters. The zero-order valence-electron chi connectivity index (χ0n) is 6.79. The third kappa shape index (κ3) is 1.47. The highest BCUT2D eigenvalue weighted by Gasteiger charge is 2.09. The van der Waals surface area contributed by atoms with Crippen LogP contribution in [0.4, 0.5) is 0 Å². The zero-order valence-corrected chi connectivity index (χ0v) is 8.36. The Morgan fingerprint density at radius 2 is 2.15 bits per heavy atom. The van der Waals surface area contributed by atoms with Crippen LogP contribution in [0.2, 0.25) is 0 Å². The molecule has 1 aromatic heterocycles. The number of alkyl halides is 1. The van der Waals surface area contributed by atoms with Gasteiger partial charge in [0.2, 0.25) is 0 Å². The second-order valence-electron chi connectivity index (χ2n) is 2.70. The topological polar surface area (TPSA) is 17.1 Å². The summed E-state index contributed by atoms with van der Waals surface area (Å²) >= 11 is 7.08. The summed E-state index contributed by atoms with van der Waals surface area (Å²) in [6.07, 6.45) is 0. The van der Waals surface area contributed by atoms with Gasteiger partial charge in [-0.15, -0.1) is 22.9 Å². The minimum atomic E-state index is -0.000818. The van der Waals surface area contributed by atoms with Gasteiger partial charge >= 0.3 is 0 Å². The summed E-state index contributed by atoms with van der Waals surface area (Å²) in [6.45, 7) is 0. The molecule has 0 amide bonds. The summed E-state index contributed by atoms with van der Waals surface area (Å²) in [6, 6.07) is 7.85. The van der Waals surface area contributed by atoms with Crippen molar-refractivity contribution in [3.63, 3.8) is 0 Å². The maximum atomic E-state index is 11.4. The van der Waals surface area contributed by atoms with Gasteiger partial charge in [-0.1, -0.05) is 18.2 Å². The molecule has 66 valence electrons. The molecule has 3 heteroatoms. The van der Waals surface area contributed by atoms with Gasteiger partial charge in [0.25, 0.3) is 0 Å². The number of carbonyl (C=O) groups is 1. The molecule has 0 aliphatic rings. The lowest BCUT2D eigenvalue weighted by Crippen LogP contribution is -1.97. The van der Waals surface area contributed by atoms with E-state index in [4.69, 9.17) is 11.6 Å². The van der Waals surface area contributed by atoms with Gasteiger partial charge in [0.1, 0.15) is 0 Å². The average molecular weight is 211 g/mol. The van der Waals surface area contributed by atoms with Crippen molar-refractivity contribution in [2.45, 2.75) is 0 Å². The number of Topliss-reactive ketones (excluding diaryl/α,β-unsaturated/α-hetero) is 1. The number of rotatable bonds is 2. The molecule has 0 unspecified atom stereocenters. The summed E-state index contributed by atoms with van der Waals surface area (Å²) in [4.78, 5) is 11.4. The van der Waals surface area contributed by atoms with Crippen molar-refractivity contribution in [1.82, 2.24) is 0 Å². The van der Waals surface area contributed by atoms with E-state index in [1.807, 2.05) is 29.6 Å². The third-order valence-corrected chi connectivity index (χ3v) is 3.11. The average Bonchev–Trinajstić information content (AvgIpc) is 2.60. The van der Waals surface area contributed by atoms with Gasteiger partial charge < -0.3 is 0 Å². The quantitative estimate of drug-likeness (QED) is 0.549. The Bertz CT molecular complexity index is 447. The smallest absolute Gasteiger partial charge is 0.179 e. The molecular formula is C10H7ClOS. The van der Waals surface area contributed by atoms with Crippen LogP contribution in [0.5, 0.6) is 0 Å². The molecule has 0 bridgehead atoms. The van der Waals surface area contributed by atoms with E-state index >= 15 is 0 Å². The highest BCUT2D eigenvalue weighted by Crippen LogP contribution is 2.25. The molecule has 2 aromatic rings. The predicted octanol–water partition coefficient (Wildman–Crippen LogP) is 3.32. The van der Waals surface area contributed by atoms with Crippen LogP contribution in [0.25, 0.3) is 10.1 Å². The number of hydrogen-bond acceptors (Lipinski definition) is 2. The van der Waals surface area contributed by atoms with Gasteiger partial charge in [-0.2, -0.15) is 0 Å². The van der Waals surface area contributed by atoms with Crippen molar-refractivity contribution in [3.05, 3.63) is 35.2 Å².